The van der Waals surface area contributed by atoms with Gasteiger partial charge in [-0.2, -0.15) is 0 Å². The monoisotopic (exact) mass is 181 g/mol. The lowest BCUT2D eigenvalue weighted by Crippen LogP contribution is -2.02. The Morgan fingerprint density at radius 2 is 1.85 bits per heavy atom. The van der Waals surface area contributed by atoms with E-state index in [2.05, 4.69) is 4.99 Å². The SMILES string of the molecule is CC1=Nc2cc(F)c(F)cc2CC1. The minimum Gasteiger partial charge on any atom is -0.258 e. The van der Waals surface area contributed by atoms with Crippen molar-refractivity contribution in [1.82, 2.24) is 0 Å². The van der Waals surface area contributed by atoms with E-state index in [9.17, 15) is 8.78 Å². The second kappa shape index (κ2) is 2.91. The van der Waals surface area contributed by atoms with Crippen LogP contribution in [0.1, 0.15) is 18.9 Å². The quantitative estimate of drug-likeness (QED) is 0.583. The van der Waals surface area contributed by atoms with Crippen LogP contribution in [0.15, 0.2) is 17.1 Å². The van der Waals surface area contributed by atoms with E-state index in [4.69, 9.17) is 0 Å². The second-order valence-electron chi connectivity index (χ2n) is 3.24. The van der Waals surface area contributed by atoms with Crippen molar-refractivity contribution in [3.63, 3.8) is 0 Å². The van der Waals surface area contributed by atoms with E-state index in [1.165, 1.54) is 6.07 Å². The standard InChI is InChI=1S/C10H9F2N/c1-6-2-3-7-4-8(11)9(12)5-10(7)13-6/h4-5H,2-3H2,1H3. The van der Waals surface area contributed by atoms with Crippen molar-refractivity contribution in [3.05, 3.63) is 29.3 Å². The number of halogens is 2. The van der Waals surface area contributed by atoms with Gasteiger partial charge in [0.15, 0.2) is 11.6 Å². The van der Waals surface area contributed by atoms with Gasteiger partial charge in [-0.3, -0.25) is 4.99 Å². The van der Waals surface area contributed by atoms with Crippen LogP contribution in [0.5, 0.6) is 0 Å². The summed E-state index contributed by atoms with van der Waals surface area (Å²) in [4.78, 5) is 4.16. The molecular weight excluding hydrogens is 172 g/mol. The van der Waals surface area contributed by atoms with Gasteiger partial charge in [0, 0.05) is 11.8 Å². The molecule has 1 aromatic carbocycles. The van der Waals surface area contributed by atoms with Crippen LogP contribution in [0.2, 0.25) is 0 Å². The van der Waals surface area contributed by atoms with Gasteiger partial charge in [0.05, 0.1) is 5.69 Å². The summed E-state index contributed by atoms with van der Waals surface area (Å²) in [5.41, 5.74) is 2.34. The number of hydrogen-bond donors (Lipinski definition) is 0. The van der Waals surface area contributed by atoms with E-state index < -0.39 is 11.6 Å². The van der Waals surface area contributed by atoms with Gasteiger partial charge < -0.3 is 0 Å². The summed E-state index contributed by atoms with van der Waals surface area (Å²) in [6.07, 6.45) is 1.58. The molecule has 2 rings (SSSR count). The number of hydrogen-bond acceptors (Lipinski definition) is 1. The summed E-state index contributed by atoms with van der Waals surface area (Å²) < 4.78 is 25.6. The van der Waals surface area contributed by atoms with E-state index >= 15 is 0 Å². The van der Waals surface area contributed by atoms with Crippen LogP contribution in [-0.4, -0.2) is 5.71 Å². The topological polar surface area (TPSA) is 12.4 Å². The highest BCUT2D eigenvalue weighted by atomic mass is 19.2. The number of aliphatic imine (C=N–C) groups is 1. The van der Waals surface area contributed by atoms with Crippen molar-refractivity contribution in [2.24, 2.45) is 4.99 Å². The van der Waals surface area contributed by atoms with Crippen molar-refractivity contribution in [2.75, 3.05) is 0 Å². The Labute approximate surface area is 75.1 Å². The van der Waals surface area contributed by atoms with Crippen LogP contribution < -0.4 is 0 Å². The molecule has 0 saturated heterocycles. The third-order valence-corrected chi connectivity index (χ3v) is 2.19. The summed E-state index contributed by atoms with van der Waals surface area (Å²) in [5.74, 6) is -1.61. The summed E-state index contributed by atoms with van der Waals surface area (Å²) in [7, 11) is 0. The molecular formula is C10H9F2N. The van der Waals surface area contributed by atoms with Crippen molar-refractivity contribution < 1.29 is 8.78 Å². The van der Waals surface area contributed by atoms with Crippen LogP contribution in [-0.2, 0) is 6.42 Å². The molecule has 1 aromatic rings. The second-order valence-corrected chi connectivity index (χ2v) is 3.24. The predicted molar refractivity (Wildman–Crippen MR) is 47.4 cm³/mol. The largest absolute Gasteiger partial charge is 0.258 e. The molecule has 3 heteroatoms. The van der Waals surface area contributed by atoms with Gasteiger partial charge in [-0.05, 0) is 31.4 Å². The highest BCUT2D eigenvalue weighted by molar-refractivity contribution is 5.87. The number of fused-ring (bicyclic) bond motifs is 1. The molecule has 0 radical (unpaired) electrons. The average Bonchev–Trinajstić information content (AvgIpc) is 2.08. The maximum absolute atomic E-state index is 12.8. The zero-order valence-electron chi connectivity index (χ0n) is 7.27. The van der Waals surface area contributed by atoms with Crippen LogP contribution in [0.4, 0.5) is 14.5 Å². The van der Waals surface area contributed by atoms with Crippen molar-refractivity contribution in [1.29, 1.82) is 0 Å². The fourth-order valence-electron chi connectivity index (χ4n) is 1.46. The van der Waals surface area contributed by atoms with E-state index in [-0.39, 0.29) is 0 Å². The Morgan fingerprint density at radius 3 is 2.62 bits per heavy atom. The van der Waals surface area contributed by atoms with Crippen LogP contribution in [0.3, 0.4) is 0 Å². The molecule has 0 atom stereocenters. The molecule has 0 N–H and O–H groups in total. The first-order chi connectivity index (χ1) is 6.16. The van der Waals surface area contributed by atoms with Crippen LogP contribution in [0, 0.1) is 11.6 Å². The molecule has 0 bridgehead atoms. The van der Waals surface area contributed by atoms with Crippen molar-refractivity contribution in [3.8, 4) is 0 Å². The summed E-state index contributed by atoms with van der Waals surface area (Å²) in [6.45, 7) is 1.89. The number of nitrogens with zero attached hydrogens (tertiary/aromatic N) is 1. The zero-order chi connectivity index (χ0) is 9.42. The van der Waals surface area contributed by atoms with Crippen LogP contribution in [0.25, 0.3) is 0 Å². The van der Waals surface area contributed by atoms with Gasteiger partial charge in [-0.1, -0.05) is 0 Å². The molecule has 0 fully saturated rings. The highest BCUT2D eigenvalue weighted by Gasteiger charge is 2.13. The van der Waals surface area contributed by atoms with E-state index in [0.29, 0.717) is 5.69 Å². The number of aryl methyl sites for hydroxylation is 1. The maximum Gasteiger partial charge on any atom is 0.160 e. The first-order valence-electron chi connectivity index (χ1n) is 4.19. The fraction of sp³-hybridized carbons (Fsp3) is 0.300. The van der Waals surface area contributed by atoms with Gasteiger partial charge >= 0.3 is 0 Å². The third-order valence-electron chi connectivity index (χ3n) is 2.19. The molecule has 0 spiro atoms. The van der Waals surface area contributed by atoms with E-state index in [1.807, 2.05) is 6.92 Å². The molecule has 0 aromatic heterocycles. The lowest BCUT2D eigenvalue weighted by molar-refractivity contribution is 0.507. The van der Waals surface area contributed by atoms with Crippen LogP contribution >= 0.6 is 0 Å². The predicted octanol–water partition coefficient (Wildman–Crippen LogP) is 3.00. The number of benzene rings is 1. The molecule has 0 aliphatic carbocycles. The number of rotatable bonds is 0. The summed E-state index contributed by atoms with van der Waals surface area (Å²) in [5, 5.41) is 0. The molecule has 0 amide bonds. The Morgan fingerprint density at radius 1 is 1.15 bits per heavy atom. The first-order valence-corrected chi connectivity index (χ1v) is 4.19. The third kappa shape index (κ3) is 1.46. The molecule has 0 saturated carbocycles. The van der Waals surface area contributed by atoms with E-state index in [1.54, 1.807) is 0 Å². The van der Waals surface area contributed by atoms with Gasteiger partial charge in [0.1, 0.15) is 0 Å². The smallest absolute Gasteiger partial charge is 0.160 e. The average molecular weight is 181 g/mol. The van der Waals surface area contributed by atoms with Gasteiger partial charge in [0.25, 0.3) is 0 Å². The minimum atomic E-state index is -0.822. The van der Waals surface area contributed by atoms with E-state index in [0.717, 1.165) is 30.2 Å². The first kappa shape index (κ1) is 8.35. The zero-order valence-corrected chi connectivity index (χ0v) is 7.27. The normalized spacial score (nSPS) is 15.2. The van der Waals surface area contributed by atoms with Crippen molar-refractivity contribution >= 4 is 11.4 Å². The summed E-state index contributed by atoms with van der Waals surface area (Å²) in [6, 6.07) is 2.40. The molecule has 1 aliphatic rings. The molecule has 1 aliphatic heterocycles. The lowest BCUT2D eigenvalue weighted by Gasteiger charge is -2.12. The minimum absolute atomic E-state index is 0.572. The summed E-state index contributed by atoms with van der Waals surface area (Å²) >= 11 is 0. The maximum atomic E-state index is 12.8. The van der Waals surface area contributed by atoms with Gasteiger partial charge in [-0.15, -0.1) is 0 Å². The Hall–Kier alpha value is -1.25. The Balaban J connectivity index is 2.57. The Bertz CT molecular complexity index is 383. The molecule has 68 valence electrons. The molecule has 1 heterocycles. The van der Waals surface area contributed by atoms with Gasteiger partial charge in [-0.25, -0.2) is 8.78 Å². The molecule has 1 nitrogen and oxygen atoms in total. The lowest BCUT2D eigenvalue weighted by atomic mass is 10.0. The van der Waals surface area contributed by atoms with Gasteiger partial charge in [0.2, 0.25) is 0 Å². The molecule has 13 heavy (non-hydrogen) atoms. The van der Waals surface area contributed by atoms with Crippen molar-refractivity contribution in [2.45, 2.75) is 19.8 Å². The fourth-order valence-corrected chi connectivity index (χ4v) is 1.46. The molecule has 0 unspecified atom stereocenters. The highest BCUT2D eigenvalue weighted by Crippen LogP contribution is 2.27. The Kier molecular flexibility index (Phi) is 1.87.